The molecule has 2 aliphatic rings. The summed E-state index contributed by atoms with van der Waals surface area (Å²) in [6.07, 6.45) is 18.6. The van der Waals surface area contributed by atoms with Crippen molar-refractivity contribution < 1.29 is 41.5 Å². The number of carboxylic acids is 2. The zero-order valence-corrected chi connectivity index (χ0v) is 14.6. The first-order chi connectivity index (χ1) is 9.99. The predicted molar refractivity (Wildman–Crippen MR) is 81.5 cm³/mol. The third-order valence-corrected chi connectivity index (χ3v) is 2.52. The molecule has 0 aromatic carbocycles. The maximum atomic E-state index is 9.37. The second-order valence-corrected chi connectivity index (χ2v) is 4.29. The first-order valence-electron chi connectivity index (χ1n) is 6.95. The second-order valence-electron chi connectivity index (χ2n) is 4.29. The molecule has 5 heteroatoms. The number of hydrogen-bond acceptors (Lipinski definition) is 2. The van der Waals surface area contributed by atoms with Crippen LogP contribution in [0.1, 0.15) is 46.0 Å². The maximum Gasteiger partial charge on any atom is 2.00 e. The van der Waals surface area contributed by atoms with E-state index < -0.39 is 11.9 Å². The normalized spacial score (nSPS) is 13.7. The molecule has 0 spiro atoms. The first-order valence-corrected chi connectivity index (χ1v) is 6.95. The Hall–Kier alpha value is -1.39. The number of allylic oxidation sites excluding steroid dienone is 8. The molecular weight excluding hydrogens is 316 g/mol. The maximum absolute atomic E-state index is 9.37. The molecular formula is C17H22O4Ti. The average molecular weight is 338 g/mol. The SMILES string of the molecule is CCC(=O)O.CCC(=O)O.[C-]1=C(CC2=[C-]CC=C2)C=CC1.[Ti+2]. The Labute approximate surface area is 147 Å². The molecule has 0 bridgehead atoms. The molecule has 2 N–H and O–H groups in total. The van der Waals surface area contributed by atoms with Crippen molar-refractivity contribution in [2.24, 2.45) is 0 Å². The fourth-order valence-corrected chi connectivity index (χ4v) is 1.35. The summed E-state index contributed by atoms with van der Waals surface area (Å²) in [5.41, 5.74) is 2.64. The molecule has 0 aliphatic heterocycles. The molecule has 0 fully saturated rings. The van der Waals surface area contributed by atoms with Crippen molar-refractivity contribution >= 4 is 11.9 Å². The van der Waals surface area contributed by atoms with E-state index in [9.17, 15) is 9.59 Å². The summed E-state index contributed by atoms with van der Waals surface area (Å²) in [6.45, 7) is 3.20. The summed E-state index contributed by atoms with van der Waals surface area (Å²) in [5, 5.41) is 15.4. The molecule has 0 heterocycles. The van der Waals surface area contributed by atoms with Gasteiger partial charge in [0.15, 0.2) is 0 Å². The van der Waals surface area contributed by atoms with Crippen LogP contribution in [-0.2, 0) is 31.3 Å². The van der Waals surface area contributed by atoms with Crippen molar-refractivity contribution in [1.82, 2.24) is 0 Å². The number of aliphatic carboxylic acids is 2. The number of rotatable bonds is 4. The van der Waals surface area contributed by atoms with Crippen molar-refractivity contribution in [2.45, 2.75) is 46.0 Å². The largest absolute Gasteiger partial charge is 2.00 e. The van der Waals surface area contributed by atoms with Crippen LogP contribution < -0.4 is 0 Å². The molecule has 0 aromatic rings. The van der Waals surface area contributed by atoms with Crippen molar-refractivity contribution in [1.29, 1.82) is 0 Å². The van der Waals surface area contributed by atoms with E-state index in [2.05, 4.69) is 36.5 Å². The van der Waals surface area contributed by atoms with E-state index in [0.717, 1.165) is 19.3 Å². The number of carbonyl (C=O) groups is 2. The van der Waals surface area contributed by atoms with Crippen LogP contribution in [0.2, 0.25) is 0 Å². The minimum Gasteiger partial charge on any atom is -0.481 e. The summed E-state index contributed by atoms with van der Waals surface area (Å²) < 4.78 is 0. The Kier molecular flexibility index (Phi) is 15.1. The molecule has 0 saturated carbocycles. The molecule has 0 unspecified atom stereocenters. The van der Waals surface area contributed by atoms with E-state index in [-0.39, 0.29) is 34.6 Å². The van der Waals surface area contributed by atoms with E-state index in [0.29, 0.717) is 0 Å². The molecule has 0 atom stereocenters. The summed E-state index contributed by atoms with van der Waals surface area (Å²) in [6, 6.07) is 0. The van der Waals surface area contributed by atoms with Gasteiger partial charge < -0.3 is 10.2 Å². The van der Waals surface area contributed by atoms with Gasteiger partial charge >= 0.3 is 33.7 Å². The molecule has 4 nitrogen and oxygen atoms in total. The van der Waals surface area contributed by atoms with Crippen molar-refractivity contribution in [2.75, 3.05) is 0 Å². The zero-order valence-electron chi connectivity index (χ0n) is 13.1. The molecule has 0 amide bonds. The van der Waals surface area contributed by atoms with E-state index in [1.165, 1.54) is 11.1 Å². The summed E-state index contributed by atoms with van der Waals surface area (Å²) in [5.74, 6) is -1.49. The molecule has 2 aliphatic carbocycles. The van der Waals surface area contributed by atoms with E-state index >= 15 is 0 Å². The van der Waals surface area contributed by atoms with Gasteiger partial charge in [0.25, 0.3) is 0 Å². The monoisotopic (exact) mass is 338 g/mol. The Morgan fingerprint density at radius 3 is 1.45 bits per heavy atom. The Morgan fingerprint density at radius 2 is 1.27 bits per heavy atom. The zero-order chi connectivity index (χ0) is 16.1. The molecule has 118 valence electrons. The van der Waals surface area contributed by atoms with E-state index in [1.807, 2.05) is 0 Å². The van der Waals surface area contributed by atoms with Gasteiger partial charge in [-0.25, -0.2) is 23.3 Å². The van der Waals surface area contributed by atoms with Crippen LogP contribution in [0.4, 0.5) is 0 Å². The molecule has 0 aromatic heterocycles. The molecule has 2 rings (SSSR count). The van der Waals surface area contributed by atoms with Crippen molar-refractivity contribution in [3.05, 3.63) is 47.6 Å². The summed E-state index contributed by atoms with van der Waals surface area (Å²) in [4.78, 5) is 18.7. The van der Waals surface area contributed by atoms with Crippen LogP contribution in [0.15, 0.2) is 35.5 Å². The third-order valence-electron chi connectivity index (χ3n) is 2.52. The van der Waals surface area contributed by atoms with Gasteiger partial charge in [0, 0.05) is 12.8 Å². The van der Waals surface area contributed by atoms with Crippen molar-refractivity contribution in [3.8, 4) is 0 Å². The number of carboxylic acid groups (broad SMARTS) is 2. The smallest absolute Gasteiger partial charge is 0.481 e. The fraction of sp³-hybridized carbons (Fsp3) is 0.412. The second kappa shape index (κ2) is 14.5. The van der Waals surface area contributed by atoms with Gasteiger partial charge in [0.05, 0.1) is 0 Å². The Morgan fingerprint density at radius 1 is 0.955 bits per heavy atom. The van der Waals surface area contributed by atoms with Gasteiger partial charge in [0.1, 0.15) is 0 Å². The van der Waals surface area contributed by atoms with E-state index in [1.54, 1.807) is 13.8 Å². The van der Waals surface area contributed by atoms with E-state index in [4.69, 9.17) is 10.2 Å². The minimum absolute atomic E-state index is 0. The Balaban J connectivity index is 0. The van der Waals surface area contributed by atoms with Gasteiger partial charge in [-0.1, -0.05) is 20.3 Å². The molecule has 0 saturated heterocycles. The van der Waals surface area contributed by atoms with Crippen LogP contribution >= 0.6 is 0 Å². The van der Waals surface area contributed by atoms with Crippen LogP contribution in [0.25, 0.3) is 0 Å². The number of hydrogen-bond donors (Lipinski definition) is 2. The standard InChI is InChI=1S/C11H10.2C3H6O2.Ti/c1-2-6-10(5-1)9-11-7-3-4-8-11;2*1-2-3(4)5;/h1,3,5,7H,2,4,9H2;2*2H2,1H3,(H,4,5);/q-2;;;+2. The third kappa shape index (κ3) is 13.6. The summed E-state index contributed by atoms with van der Waals surface area (Å²) >= 11 is 0. The van der Waals surface area contributed by atoms with Crippen LogP contribution in [0, 0.1) is 12.2 Å². The van der Waals surface area contributed by atoms with Crippen molar-refractivity contribution in [3.63, 3.8) is 0 Å². The van der Waals surface area contributed by atoms with Gasteiger partial charge in [0.2, 0.25) is 0 Å². The molecule has 22 heavy (non-hydrogen) atoms. The predicted octanol–water partition coefficient (Wildman–Crippen LogP) is 3.71. The average Bonchev–Trinajstić information content (AvgIpc) is 3.14. The van der Waals surface area contributed by atoms with Gasteiger partial charge in [-0.05, 0) is 0 Å². The van der Waals surface area contributed by atoms with Crippen LogP contribution in [0.3, 0.4) is 0 Å². The van der Waals surface area contributed by atoms with Gasteiger partial charge in [-0.15, -0.1) is 12.8 Å². The van der Waals surface area contributed by atoms with Gasteiger partial charge in [-0.3, -0.25) is 21.7 Å². The van der Waals surface area contributed by atoms with Crippen LogP contribution in [0.5, 0.6) is 0 Å². The van der Waals surface area contributed by atoms with Gasteiger partial charge in [-0.2, -0.15) is 12.2 Å². The first kappa shape index (κ1) is 22.9. The molecule has 0 radical (unpaired) electrons. The Bertz CT molecular complexity index is 417. The quantitative estimate of drug-likeness (QED) is 0.605. The fourth-order valence-electron chi connectivity index (χ4n) is 1.35. The topological polar surface area (TPSA) is 74.6 Å². The van der Waals surface area contributed by atoms with Crippen LogP contribution in [-0.4, -0.2) is 22.2 Å². The summed E-state index contributed by atoms with van der Waals surface area (Å²) in [7, 11) is 0. The minimum atomic E-state index is -0.745.